The van der Waals surface area contributed by atoms with Crippen LogP contribution in [0.4, 0.5) is 11.6 Å². The van der Waals surface area contributed by atoms with E-state index in [4.69, 9.17) is 0 Å². The third kappa shape index (κ3) is 2.65. The van der Waals surface area contributed by atoms with Crippen molar-refractivity contribution in [2.45, 2.75) is 19.3 Å². The maximum atomic E-state index is 4.39. The highest BCUT2D eigenvalue weighted by molar-refractivity contribution is 5.87. The van der Waals surface area contributed by atoms with Crippen molar-refractivity contribution in [1.29, 1.82) is 0 Å². The highest BCUT2D eigenvalue weighted by Gasteiger charge is 2.29. The number of pyridine rings is 1. The number of aromatic nitrogens is 5. The normalized spacial score (nSPS) is 16.7. The molecule has 5 rings (SSSR count). The van der Waals surface area contributed by atoms with Crippen molar-refractivity contribution in [2.75, 3.05) is 29.9 Å². The van der Waals surface area contributed by atoms with Gasteiger partial charge >= 0.3 is 0 Å². The standard InChI is InChI=1S/C18H19N7/c1-2-13-6-17(24-23-15(13)3-1)25-9-12(10-25)7-20-18-14-4-5-19-8-16(14)21-11-22-18/h4-6,8,11-12H,1-3,7,9-10H2,(H,20,21,22). The van der Waals surface area contributed by atoms with E-state index in [9.17, 15) is 0 Å². The minimum absolute atomic E-state index is 0.585. The predicted octanol–water partition coefficient (Wildman–Crippen LogP) is 1.85. The average Bonchev–Trinajstić information content (AvgIpc) is 3.08. The molecule has 0 spiro atoms. The van der Waals surface area contributed by atoms with Gasteiger partial charge in [0.2, 0.25) is 0 Å². The maximum absolute atomic E-state index is 4.39. The van der Waals surface area contributed by atoms with Gasteiger partial charge in [-0.15, -0.1) is 5.10 Å². The first-order valence-corrected chi connectivity index (χ1v) is 8.76. The van der Waals surface area contributed by atoms with E-state index < -0.39 is 0 Å². The summed E-state index contributed by atoms with van der Waals surface area (Å²) in [5, 5.41) is 13.3. The number of nitrogens with zero attached hydrogens (tertiary/aromatic N) is 6. The van der Waals surface area contributed by atoms with E-state index in [2.05, 4.69) is 41.4 Å². The van der Waals surface area contributed by atoms with Crippen LogP contribution in [0.3, 0.4) is 0 Å². The van der Waals surface area contributed by atoms with Crippen LogP contribution in [0.15, 0.2) is 30.9 Å². The Kier molecular flexibility index (Phi) is 3.43. The number of anilines is 2. The van der Waals surface area contributed by atoms with Crippen LogP contribution in [0.2, 0.25) is 0 Å². The Hall–Kier alpha value is -2.83. The fourth-order valence-electron chi connectivity index (χ4n) is 3.65. The zero-order valence-electron chi connectivity index (χ0n) is 13.9. The molecule has 25 heavy (non-hydrogen) atoms. The van der Waals surface area contributed by atoms with Crippen molar-refractivity contribution in [3.8, 4) is 0 Å². The minimum atomic E-state index is 0.585. The Morgan fingerprint density at radius 3 is 3.08 bits per heavy atom. The summed E-state index contributed by atoms with van der Waals surface area (Å²) < 4.78 is 0. The van der Waals surface area contributed by atoms with Gasteiger partial charge in [0.25, 0.3) is 0 Å². The van der Waals surface area contributed by atoms with Gasteiger partial charge in [-0.3, -0.25) is 4.98 Å². The Morgan fingerprint density at radius 1 is 1.16 bits per heavy atom. The Morgan fingerprint density at radius 2 is 2.12 bits per heavy atom. The molecule has 0 amide bonds. The molecule has 3 aromatic heterocycles. The zero-order chi connectivity index (χ0) is 16.6. The summed E-state index contributed by atoms with van der Waals surface area (Å²) in [7, 11) is 0. The summed E-state index contributed by atoms with van der Waals surface area (Å²) in [4.78, 5) is 15.0. The van der Waals surface area contributed by atoms with E-state index >= 15 is 0 Å². The lowest BCUT2D eigenvalue weighted by Crippen LogP contribution is -2.50. The first kappa shape index (κ1) is 14.5. The van der Waals surface area contributed by atoms with Crippen molar-refractivity contribution < 1.29 is 0 Å². The van der Waals surface area contributed by atoms with Crippen molar-refractivity contribution in [2.24, 2.45) is 5.92 Å². The second-order valence-electron chi connectivity index (χ2n) is 6.80. The molecular formula is C18H19N7. The minimum Gasteiger partial charge on any atom is -0.369 e. The Balaban J connectivity index is 1.22. The van der Waals surface area contributed by atoms with Gasteiger partial charge in [0, 0.05) is 37.1 Å². The van der Waals surface area contributed by atoms with E-state index in [1.54, 1.807) is 18.7 Å². The largest absolute Gasteiger partial charge is 0.369 e. The molecule has 7 heteroatoms. The zero-order valence-corrected chi connectivity index (χ0v) is 13.9. The van der Waals surface area contributed by atoms with Crippen LogP contribution >= 0.6 is 0 Å². The molecule has 4 heterocycles. The first-order chi connectivity index (χ1) is 12.4. The molecule has 0 saturated carbocycles. The van der Waals surface area contributed by atoms with E-state index in [0.717, 1.165) is 55.0 Å². The third-order valence-corrected chi connectivity index (χ3v) is 5.09. The average molecular weight is 333 g/mol. The van der Waals surface area contributed by atoms with Crippen LogP contribution in [0.1, 0.15) is 17.7 Å². The van der Waals surface area contributed by atoms with Gasteiger partial charge in [0.05, 0.1) is 17.4 Å². The summed E-state index contributed by atoms with van der Waals surface area (Å²) in [5.74, 6) is 2.49. The second-order valence-corrected chi connectivity index (χ2v) is 6.80. The summed E-state index contributed by atoms with van der Waals surface area (Å²) in [6.45, 7) is 2.90. The molecule has 0 radical (unpaired) electrons. The van der Waals surface area contributed by atoms with Gasteiger partial charge in [-0.25, -0.2) is 9.97 Å². The molecule has 0 aromatic carbocycles. The third-order valence-electron chi connectivity index (χ3n) is 5.09. The van der Waals surface area contributed by atoms with Crippen molar-refractivity contribution in [3.63, 3.8) is 0 Å². The van der Waals surface area contributed by atoms with Crippen LogP contribution in [-0.4, -0.2) is 44.8 Å². The Labute approximate surface area is 145 Å². The topological polar surface area (TPSA) is 79.7 Å². The summed E-state index contributed by atoms with van der Waals surface area (Å²) in [5.41, 5.74) is 3.43. The molecular weight excluding hydrogens is 314 g/mol. The van der Waals surface area contributed by atoms with Crippen LogP contribution in [0, 0.1) is 5.92 Å². The fraction of sp³-hybridized carbons (Fsp3) is 0.389. The lowest BCUT2D eigenvalue weighted by atomic mass is 10.00. The van der Waals surface area contributed by atoms with Crippen molar-refractivity contribution in [1.82, 2.24) is 25.1 Å². The molecule has 1 aliphatic carbocycles. The first-order valence-electron chi connectivity index (χ1n) is 8.76. The number of nitrogens with one attached hydrogen (secondary N) is 1. The van der Waals surface area contributed by atoms with Crippen LogP contribution < -0.4 is 10.2 Å². The van der Waals surface area contributed by atoms with Gasteiger partial charge in [-0.05, 0) is 37.0 Å². The number of rotatable bonds is 4. The monoisotopic (exact) mass is 333 g/mol. The van der Waals surface area contributed by atoms with Crippen molar-refractivity contribution in [3.05, 3.63) is 42.1 Å². The van der Waals surface area contributed by atoms with E-state index in [0.29, 0.717) is 5.92 Å². The second kappa shape index (κ2) is 5.91. The molecule has 7 nitrogen and oxygen atoms in total. The van der Waals surface area contributed by atoms with Crippen LogP contribution in [0.5, 0.6) is 0 Å². The Bertz CT molecular complexity index is 915. The fourth-order valence-corrected chi connectivity index (χ4v) is 3.65. The molecule has 1 saturated heterocycles. The van der Waals surface area contributed by atoms with Gasteiger partial charge in [-0.1, -0.05) is 0 Å². The van der Waals surface area contributed by atoms with Crippen LogP contribution in [0.25, 0.3) is 10.9 Å². The van der Waals surface area contributed by atoms with E-state index in [1.807, 2.05) is 6.07 Å². The number of aryl methyl sites for hydroxylation is 2. The highest BCUT2D eigenvalue weighted by Crippen LogP contribution is 2.27. The number of fused-ring (bicyclic) bond motifs is 2. The number of hydrogen-bond donors (Lipinski definition) is 1. The molecule has 0 atom stereocenters. The molecule has 3 aromatic rings. The van der Waals surface area contributed by atoms with E-state index in [1.165, 1.54) is 17.7 Å². The van der Waals surface area contributed by atoms with Gasteiger partial charge in [0.15, 0.2) is 5.82 Å². The lowest BCUT2D eigenvalue weighted by molar-refractivity contribution is 0.425. The molecule has 2 aliphatic rings. The highest BCUT2D eigenvalue weighted by atomic mass is 15.3. The SMILES string of the molecule is c1cc2c(NCC3CN(c4cc5c(nn4)CCC5)C3)ncnc2cn1. The smallest absolute Gasteiger partial charge is 0.151 e. The van der Waals surface area contributed by atoms with Crippen molar-refractivity contribution >= 4 is 22.5 Å². The number of hydrogen-bond acceptors (Lipinski definition) is 7. The summed E-state index contributed by atoms with van der Waals surface area (Å²) >= 11 is 0. The molecule has 1 aliphatic heterocycles. The lowest BCUT2D eigenvalue weighted by Gasteiger charge is -2.40. The van der Waals surface area contributed by atoms with Gasteiger partial charge in [0.1, 0.15) is 12.1 Å². The quantitative estimate of drug-likeness (QED) is 0.780. The summed E-state index contributed by atoms with van der Waals surface area (Å²) in [6, 6.07) is 4.18. The molecule has 1 fully saturated rings. The molecule has 0 bridgehead atoms. The maximum Gasteiger partial charge on any atom is 0.151 e. The summed E-state index contributed by atoms with van der Waals surface area (Å²) in [6.07, 6.45) is 8.56. The van der Waals surface area contributed by atoms with Gasteiger partial charge in [-0.2, -0.15) is 5.10 Å². The predicted molar refractivity (Wildman–Crippen MR) is 95.6 cm³/mol. The van der Waals surface area contributed by atoms with Gasteiger partial charge < -0.3 is 10.2 Å². The molecule has 126 valence electrons. The van der Waals surface area contributed by atoms with Crippen LogP contribution in [-0.2, 0) is 12.8 Å². The van der Waals surface area contributed by atoms with E-state index in [-0.39, 0.29) is 0 Å². The molecule has 1 N–H and O–H groups in total. The molecule has 0 unspecified atom stereocenters.